The molecule has 168 valence electrons. The van der Waals surface area contributed by atoms with Gasteiger partial charge in [-0.25, -0.2) is 4.79 Å². The van der Waals surface area contributed by atoms with Crippen molar-refractivity contribution in [2.24, 2.45) is 5.73 Å². The second-order valence-electron chi connectivity index (χ2n) is 7.86. The minimum absolute atomic E-state index is 0.0736. The number of benzene rings is 2. The Hall–Kier alpha value is -4.20. The normalized spacial score (nSPS) is 16.2. The van der Waals surface area contributed by atoms with Crippen molar-refractivity contribution in [3.63, 3.8) is 0 Å². The van der Waals surface area contributed by atoms with E-state index in [1.165, 1.54) is 7.11 Å². The first-order valence-corrected chi connectivity index (χ1v) is 10.4. The minimum Gasteiger partial charge on any atom is -0.465 e. The zero-order valence-corrected chi connectivity index (χ0v) is 18.2. The molecule has 0 spiro atoms. The Bertz CT molecular complexity index is 1340. The summed E-state index contributed by atoms with van der Waals surface area (Å²) in [6, 6.07) is 16.6. The van der Waals surface area contributed by atoms with Gasteiger partial charge in [0.2, 0.25) is 12.7 Å². The smallest absolute Gasteiger partial charge is 0.340 e. The number of hydrogen-bond donors (Lipinski definition) is 1. The van der Waals surface area contributed by atoms with Gasteiger partial charge in [0.1, 0.15) is 11.3 Å². The Labute approximate surface area is 189 Å². The molecule has 3 aromatic rings. The average Bonchev–Trinajstić information content (AvgIpc) is 3.29. The van der Waals surface area contributed by atoms with E-state index in [1.807, 2.05) is 55.5 Å². The van der Waals surface area contributed by atoms with E-state index in [1.54, 1.807) is 10.6 Å². The zero-order valence-electron chi connectivity index (χ0n) is 18.2. The molecule has 0 saturated heterocycles. The average molecular weight is 446 g/mol. The molecule has 0 amide bonds. The van der Waals surface area contributed by atoms with E-state index >= 15 is 0 Å². The summed E-state index contributed by atoms with van der Waals surface area (Å²) in [6.07, 6.45) is 0. The Balaban J connectivity index is 1.66. The van der Waals surface area contributed by atoms with Crippen LogP contribution in [0.1, 0.15) is 28.3 Å². The Morgan fingerprint density at radius 2 is 1.85 bits per heavy atom. The molecule has 0 unspecified atom stereocenters. The number of hydrogen-bond acceptors (Lipinski definition) is 7. The molecule has 5 rings (SSSR count). The predicted molar refractivity (Wildman–Crippen MR) is 119 cm³/mol. The van der Waals surface area contributed by atoms with Crippen molar-refractivity contribution in [1.82, 2.24) is 4.57 Å². The molecule has 1 atom stereocenters. The maximum atomic E-state index is 13.8. The predicted octanol–water partition coefficient (Wildman–Crippen LogP) is 2.80. The fraction of sp³-hybridized carbons (Fsp3) is 0.200. The lowest BCUT2D eigenvalue weighted by Gasteiger charge is -2.29. The summed E-state index contributed by atoms with van der Waals surface area (Å²) in [5.41, 5.74) is 8.60. The van der Waals surface area contributed by atoms with Crippen LogP contribution >= 0.6 is 0 Å². The van der Waals surface area contributed by atoms with E-state index in [4.69, 9.17) is 24.7 Å². The standard InChI is InChI=1S/C25H22N2O6/c1-14-10-19-21(24(28)27(14)12-15-8-9-17-18(11-15)32-13-31-17)20(16-6-4-3-5-7-16)22(23(26)33-19)25(29)30-2/h3-11,20H,12-13,26H2,1-2H3/t20-/m0/s1. The largest absolute Gasteiger partial charge is 0.465 e. The number of carbonyl (C=O) groups is 1. The van der Waals surface area contributed by atoms with Gasteiger partial charge in [-0.05, 0) is 30.2 Å². The van der Waals surface area contributed by atoms with Crippen LogP contribution in [0.15, 0.2) is 70.8 Å². The highest BCUT2D eigenvalue weighted by atomic mass is 16.7. The molecule has 0 saturated carbocycles. The van der Waals surface area contributed by atoms with Gasteiger partial charge < -0.3 is 29.2 Å². The molecule has 2 aliphatic heterocycles. The van der Waals surface area contributed by atoms with Crippen molar-refractivity contribution in [1.29, 1.82) is 0 Å². The molecule has 1 aromatic heterocycles. The number of methoxy groups -OCH3 is 1. The highest BCUT2D eigenvalue weighted by Crippen LogP contribution is 2.41. The number of aromatic nitrogens is 1. The van der Waals surface area contributed by atoms with Crippen molar-refractivity contribution < 1.29 is 23.7 Å². The zero-order chi connectivity index (χ0) is 23.1. The van der Waals surface area contributed by atoms with Crippen molar-refractivity contribution in [2.45, 2.75) is 19.4 Å². The van der Waals surface area contributed by atoms with E-state index < -0.39 is 11.9 Å². The Morgan fingerprint density at radius 3 is 2.61 bits per heavy atom. The number of ether oxygens (including phenoxy) is 4. The molecule has 8 nitrogen and oxygen atoms in total. The fourth-order valence-electron chi connectivity index (χ4n) is 4.29. The van der Waals surface area contributed by atoms with Gasteiger partial charge >= 0.3 is 5.97 Å². The van der Waals surface area contributed by atoms with Crippen molar-refractivity contribution in [3.05, 3.63) is 98.8 Å². The number of carbonyl (C=O) groups excluding carboxylic acids is 1. The Morgan fingerprint density at radius 1 is 1.09 bits per heavy atom. The summed E-state index contributed by atoms with van der Waals surface area (Å²) < 4.78 is 23.2. The molecule has 2 aliphatic rings. The van der Waals surface area contributed by atoms with Gasteiger partial charge in [-0.15, -0.1) is 0 Å². The van der Waals surface area contributed by atoms with Crippen molar-refractivity contribution >= 4 is 5.97 Å². The lowest BCUT2D eigenvalue weighted by atomic mass is 9.83. The number of nitrogens with two attached hydrogens (primary N) is 1. The monoisotopic (exact) mass is 446 g/mol. The van der Waals surface area contributed by atoms with Crippen LogP contribution in [0, 0.1) is 6.92 Å². The third-order valence-corrected chi connectivity index (χ3v) is 5.89. The first kappa shape index (κ1) is 20.7. The van der Waals surface area contributed by atoms with Crippen molar-refractivity contribution in [2.75, 3.05) is 13.9 Å². The van der Waals surface area contributed by atoms with E-state index in [0.717, 1.165) is 11.1 Å². The quantitative estimate of drug-likeness (QED) is 0.615. The molecule has 2 N–H and O–H groups in total. The van der Waals surface area contributed by atoms with Gasteiger partial charge in [0.25, 0.3) is 5.56 Å². The van der Waals surface area contributed by atoms with Crippen LogP contribution in [0.25, 0.3) is 0 Å². The van der Waals surface area contributed by atoms with Gasteiger partial charge in [-0.1, -0.05) is 36.4 Å². The number of esters is 1. The first-order chi connectivity index (χ1) is 16.0. The number of pyridine rings is 1. The Kier molecular flexibility index (Phi) is 5.05. The maximum absolute atomic E-state index is 13.8. The van der Waals surface area contributed by atoms with Crippen LogP contribution in [0.5, 0.6) is 17.2 Å². The molecule has 3 heterocycles. The number of fused-ring (bicyclic) bond motifs is 2. The molecule has 0 bridgehead atoms. The lowest BCUT2D eigenvalue weighted by Crippen LogP contribution is -2.35. The third kappa shape index (κ3) is 3.49. The summed E-state index contributed by atoms with van der Waals surface area (Å²) >= 11 is 0. The van der Waals surface area contributed by atoms with Gasteiger partial charge in [0.05, 0.1) is 25.1 Å². The number of rotatable bonds is 4. The van der Waals surface area contributed by atoms with Gasteiger partial charge in [-0.3, -0.25) is 4.79 Å². The maximum Gasteiger partial charge on any atom is 0.340 e. The van der Waals surface area contributed by atoms with E-state index in [-0.39, 0.29) is 23.8 Å². The molecule has 2 aromatic carbocycles. The first-order valence-electron chi connectivity index (χ1n) is 10.4. The highest BCUT2D eigenvalue weighted by Gasteiger charge is 2.38. The lowest BCUT2D eigenvalue weighted by molar-refractivity contribution is -0.136. The summed E-state index contributed by atoms with van der Waals surface area (Å²) in [4.78, 5) is 26.5. The molecule has 0 fully saturated rings. The second kappa shape index (κ2) is 8.05. The van der Waals surface area contributed by atoms with E-state index in [0.29, 0.717) is 35.1 Å². The van der Waals surface area contributed by atoms with Crippen LogP contribution in [-0.2, 0) is 16.1 Å². The molecule has 8 heteroatoms. The van der Waals surface area contributed by atoms with E-state index in [9.17, 15) is 9.59 Å². The van der Waals surface area contributed by atoms with Crippen LogP contribution in [0.3, 0.4) is 0 Å². The second-order valence-corrected chi connectivity index (χ2v) is 7.86. The highest BCUT2D eigenvalue weighted by molar-refractivity contribution is 5.92. The summed E-state index contributed by atoms with van der Waals surface area (Å²) in [5.74, 6) is 0.209. The summed E-state index contributed by atoms with van der Waals surface area (Å²) in [7, 11) is 1.27. The van der Waals surface area contributed by atoms with Crippen LogP contribution in [0.4, 0.5) is 0 Å². The van der Waals surface area contributed by atoms with Crippen molar-refractivity contribution in [3.8, 4) is 17.2 Å². The molecule has 0 radical (unpaired) electrons. The molecule has 33 heavy (non-hydrogen) atoms. The van der Waals surface area contributed by atoms with Crippen LogP contribution < -0.4 is 25.5 Å². The summed E-state index contributed by atoms with van der Waals surface area (Å²) in [6.45, 7) is 2.31. The topological polar surface area (TPSA) is 102 Å². The molecule has 0 aliphatic carbocycles. The van der Waals surface area contributed by atoms with Crippen LogP contribution in [0.2, 0.25) is 0 Å². The molecular weight excluding hydrogens is 424 g/mol. The SMILES string of the molecule is COC(=O)C1=C(N)Oc2cc(C)n(Cc3ccc4c(c3)OCO4)c(=O)c2[C@@H]1c1ccccc1. The van der Waals surface area contributed by atoms with Gasteiger partial charge in [0, 0.05) is 11.8 Å². The number of aryl methyl sites for hydroxylation is 1. The summed E-state index contributed by atoms with van der Waals surface area (Å²) in [5, 5.41) is 0. The number of nitrogens with zero attached hydrogens (tertiary/aromatic N) is 1. The third-order valence-electron chi connectivity index (χ3n) is 5.89. The van der Waals surface area contributed by atoms with Gasteiger partial charge in [0.15, 0.2) is 11.5 Å². The van der Waals surface area contributed by atoms with E-state index in [2.05, 4.69) is 0 Å². The fourth-order valence-corrected chi connectivity index (χ4v) is 4.29. The van der Waals surface area contributed by atoms with Gasteiger partial charge in [-0.2, -0.15) is 0 Å². The molecular formula is C25H22N2O6. The minimum atomic E-state index is -0.724. The van der Waals surface area contributed by atoms with Crippen LogP contribution in [-0.4, -0.2) is 24.4 Å².